The third-order valence-electron chi connectivity index (χ3n) is 7.71. The molecule has 3 atom stereocenters. The molecule has 1 aromatic carbocycles. The van der Waals surface area contributed by atoms with Gasteiger partial charge in [-0.3, -0.25) is 9.52 Å². The molecular weight excluding hydrogens is 522 g/mol. The SMILES string of the molecule is C[C@@H]1CN([C@H](C)CO)C(=O)Cc2cc(NS(=O)(=O)c3cccs3)ccc2O[C@H]1CN(C)CC1CCCCC1. The van der Waals surface area contributed by atoms with Crippen molar-refractivity contribution >= 4 is 33.0 Å². The van der Waals surface area contributed by atoms with Gasteiger partial charge in [-0.05, 0) is 62.4 Å². The number of benzene rings is 1. The molecule has 2 aromatic rings. The van der Waals surface area contributed by atoms with Gasteiger partial charge in [-0.1, -0.05) is 32.3 Å². The van der Waals surface area contributed by atoms with E-state index in [1.165, 1.54) is 32.1 Å². The van der Waals surface area contributed by atoms with Gasteiger partial charge in [0.15, 0.2) is 0 Å². The Morgan fingerprint density at radius 2 is 1.97 bits per heavy atom. The number of hydrogen-bond donors (Lipinski definition) is 2. The highest BCUT2D eigenvalue weighted by Crippen LogP contribution is 2.31. The Balaban J connectivity index is 1.59. The van der Waals surface area contributed by atoms with Crippen molar-refractivity contribution in [3.8, 4) is 5.75 Å². The number of nitrogens with one attached hydrogen (secondary N) is 1. The molecule has 38 heavy (non-hydrogen) atoms. The van der Waals surface area contributed by atoms with E-state index < -0.39 is 10.0 Å². The number of carbonyl (C=O) groups excluding carboxylic acids is 1. The summed E-state index contributed by atoms with van der Waals surface area (Å²) in [6.45, 7) is 6.05. The van der Waals surface area contributed by atoms with Crippen molar-refractivity contribution in [3.05, 3.63) is 41.3 Å². The summed E-state index contributed by atoms with van der Waals surface area (Å²) in [5.74, 6) is 1.22. The molecule has 0 bridgehead atoms. The molecule has 0 unspecified atom stereocenters. The molecular formula is C28H41N3O5S2. The molecule has 0 radical (unpaired) electrons. The number of thiophene rings is 1. The number of sulfonamides is 1. The number of rotatable bonds is 9. The third-order valence-corrected chi connectivity index (χ3v) is 10.5. The third kappa shape index (κ3) is 7.28. The maximum absolute atomic E-state index is 13.4. The van der Waals surface area contributed by atoms with Gasteiger partial charge >= 0.3 is 0 Å². The van der Waals surface area contributed by atoms with Gasteiger partial charge in [0.2, 0.25) is 5.91 Å². The van der Waals surface area contributed by atoms with Crippen molar-refractivity contribution in [1.29, 1.82) is 0 Å². The van der Waals surface area contributed by atoms with Crippen LogP contribution >= 0.6 is 11.3 Å². The Morgan fingerprint density at radius 1 is 1.21 bits per heavy atom. The first-order chi connectivity index (χ1) is 18.2. The first-order valence-electron chi connectivity index (χ1n) is 13.6. The number of nitrogens with zero attached hydrogens (tertiary/aromatic N) is 2. The molecule has 0 spiro atoms. The van der Waals surface area contributed by atoms with Gasteiger partial charge in [0.25, 0.3) is 10.0 Å². The van der Waals surface area contributed by atoms with Crippen LogP contribution in [0.5, 0.6) is 5.75 Å². The number of aliphatic hydroxyl groups is 1. The zero-order valence-corrected chi connectivity index (χ0v) is 24.3. The summed E-state index contributed by atoms with van der Waals surface area (Å²) in [4.78, 5) is 17.5. The van der Waals surface area contributed by atoms with E-state index in [-0.39, 0.29) is 41.2 Å². The lowest BCUT2D eigenvalue weighted by molar-refractivity contribution is -0.134. The minimum atomic E-state index is -3.72. The molecule has 1 amide bonds. The summed E-state index contributed by atoms with van der Waals surface area (Å²) in [5, 5.41) is 11.6. The van der Waals surface area contributed by atoms with Crippen LogP contribution in [0.25, 0.3) is 0 Å². The van der Waals surface area contributed by atoms with Crippen LogP contribution in [-0.2, 0) is 21.2 Å². The maximum Gasteiger partial charge on any atom is 0.271 e. The van der Waals surface area contributed by atoms with E-state index >= 15 is 0 Å². The first kappa shape index (κ1) is 28.9. The number of aliphatic hydroxyl groups excluding tert-OH is 1. The van der Waals surface area contributed by atoms with Gasteiger partial charge < -0.3 is 19.6 Å². The second kappa shape index (κ2) is 12.8. The van der Waals surface area contributed by atoms with Crippen LogP contribution in [0.4, 0.5) is 5.69 Å². The van der Waals surface area contributed by atoms with Gasteiger partial charge in [-0.15, -0.1) is 11.3 Å². The number of likely N-dealkylation sites (N-methyl/N-ethyl adjacent to an activating group) is 1. The summed E-state index contributed by atoms with van der Waals surface area (Å²) in [7, 11) is -1.58. The molecule has 1 aliphatic heterocycles. The van der Waals surface area contributed by atoms with Crippen molar-refractivity contribution < 1.29 is 23.1 Å². The number of fused-ring (bicyclic) bond motifs is 1. The molecule has 1 saturated carbocycles. The number of ether oxygens (including phenoxy) is 1. The molecule has 0 saturated heterocycles. The van der Waals surface area contributed by atoms with Crippen molar-refractivity contribution in [2.45, 2.75) is 68.7 Å². The highest BCUT2D eigenvalue weighted by atomic mass is 32.2. The fraction of sp³-hybridized carbons (Fsp3) is 0.607. The zero-order chi connectivity index (χ0) is 27.3. The van der Waals surface area contributed by atoms with Gasteiger partial charge in [0, 0.05) is 36.8 Å². The normalized spacial score (nSPS) is 22.2. The Labute approximate surface area is 231 Å². The number of carbonyl (C=O) groups is 1. The van der Waals surface area contributed by atoms with Gasteiger partial charge in [-0.25, -0.2) is 8.42 Å². The van der Waals surface area contributed by atoms with Gasteiger partial charge in [0.1, 0.15) is 16.1 Å². The van der Waals surface area contributed by atoms with Crippen LogP contribution in [0.1, 0.15) is 51.5 Å². The molecule has 2 N–H and O–H groups in total. The molecule has 2 aliphatic rings. The van der Waals surface area contributed by atoms with Crippen molar-refractivity contribution in [1.82, 2.24) is 9.80 Å². The van der Waals surface area contributed by atoms with Crippen molar-refractivity contribution in [2.24, 2.45) is 11.8 Å². The van der Waals surface area contributed by atoms with E-state index in [0.29, 0.717) is 29.5 Å². The van der Waals surface area contributed by atoms with Crippen LogP contribution in [0.15, 0.2) is 39.9 Å². The Morgan fingerprint density at radius 3 is 2.66 bits per heavy atom. The van der Waals surface area contributed by atoms with Crippen molar-refractivity contribution in [2.75, 3.05) is 38.0 Å². The minimum absolute atomic E-state index is 0.0321. The van der Waals surface area contributed by atoms with Crippen LogP contribution in [0.3, 0.4) is 0 Å². The zero-order valence-electron chi connectivity index (χ0n) is 22.6. The average Bonchev–Trinajstić information content (AvgIpc) is 3.44. The highest BCUT2D eigenvalue weighted by Gasteiger charge is 2.31. The molecule has 8 nitrogen and oxygen atoms in total. The summed E-state index contributed by atoms with van der Waals surface area (Å²) in [6.07, 6.45) is 6.37. The van der Waals surface area contributed by atoms with E-state index in [2.05, 4.69) is 23.6 Å². The van der Waals surface area contributed by atoms with E-state index in [9.17, 15) is 18.3 Å². The maximum atomic E-state index is 13.4. The molecule has 10 heteroatoms. The summed E-state index contributed by atoms with van der Waals surface area (Å²) in [5.41, 5.74) is 1.01. The highest BCUT2D eigenvalue weighted by molar-refractivity contribution is 7.94. The largest absolute Gasteiger partial charge is 0.488 e. The second-order valence-electron chi connectivity index (χ2n) is 11.0. The van der Waals surface area contributed by atoms with E-state index in [0.717, 1.165) is 24.4 Å². The summed E-state index contributed by atoms with van der Waals surface area (Å²) < 4.78 is 35.0. The molecule has 210 valence electrons. The summed E-state index contributed by atoms with van der Waals surface area (Å²) in [6, 6.07) is 8.07. The number of anilines is 1. The van der Waals surface area contributed by atoms with E-state index in [1.807, 2.05) is 6.92 Å². The minimum Gasteiger partial charge on any atom is -0.488 e. The monoisotopic (exact) mass is 563 g/mol. The Bertz CT molecular complexity index is 1170. The molecule has 1 aliphatic carbocycles. The molecule has 1 aromatic heterocycles. The standard InChI is InChI=1S/C28H41N3O5S2/c1-20-16-31(21(2)19-32)27(33)15-23-14-24(29-38(34,35)28-10-7-13-37-28)11-12-25(23)36-26(20)18-30(3)17-22-8-5-4-6-9-22/h7,10-14,20-22,26,29,32H,4-6,8-9,15-19H2,1-3H3/t20-,21-,26+/m1/s1. The fourth-order valence-corrected chi connectivity index (χ4v) is 7.57. The van der Waals surface area contributed by atoms with Crippen molar-refractivity contribution in [3.63, 3.8) is 0 Å². The van der Waals surface area contributed by atoms with Gasteiger partial charge in [0.05, 0.1) is 19.1 Å². The van der Waals surface area contributed by atoms with E-state index in [1.54, 1.807) is 40.6 Å². The molecule has 4 rings (SSSR count). The number of amides is 1. The Hall–Kier alpha value is -2.14. The quantitative estimate of drug-likeness (QED) is 0.474. The molecule has 2 heterocycles. The predicted octanol–water partition coefficient (Wildman–Crippen LogP) is 4.21. The summed E-state index contributed by atoms with van der Waals surface area (Å²) >= 11 is 1.15. The average molecular weight is 564 g/mol. The van der Waals surface area contributed by atoms with Crippen LogP contribution < -0.4 is 9.46 Å². The fourth-order valence-electron chi connectivity index (χ4n) is 5.52. The van der Waals surface area contributed by atoms with Crippen LogP contribution in [0.2, 0.25) is 0 Å². The van der Waals surface area contributed by atoms with Crippen LogP contribution in [-0.4, -0.2) is 74.7 Å². The smallest absolute Gasteiger partial charge is 0.271 e. The second-order valence-corrected chi connectivity index (χ2v) is 13.8. The lowest BCUT2D eigenvalue weighted by Crippen LogP contribution is -2.48. The predicted molar refractivity (Wildman–Crippen MR) is 151 cm³/mol. The molecule has 1 fully saturated rings. The lowest BCUT2D eigenvalue weighted by atomic mass is 9.89. The Kier molecular flexibility index (Phi) is 9.73. The van der Waals surface area contributed by atoms with Crippen LogP contribution in [0, 0.1) is 11.8 Å². The van der Waals surface area contributed by atoms with E-state index in [4.69, 9.17) is 4.74 Å². The topological polar surface area (TPSA) is 99.2 Å². The number of hydrogen-bond acceptors (Lipinski definition) is 7. The lowest BCUT2D eigenvalue weighted by Gasteiger charge is -2.35. The van der Waals surface area contributed by atoms with Gasteiger partial charge in [-0.2, -0.15) is 0 Å². The first-order valence-corrected chi connectivity index (χ1v) is 16.0.